The van der Waals surface area contributed by atoms with Gasteiger partial charge in [-0.15, -0.1) is 0 Å². The summed E-state index contributed by atoms with van der Waals surface area (Å²) in [5, 5.41) is 0. The van der Waals surface area contributed by atoms with Crippen molar-refractivity contribution >= 4 is 22.6 Å². The van der Waals surface area contributed by atoms with Crippen LogP contribution in [-0.4, -0.2) is 33.4 Å². The molecule has 1 aliphatic heterocycles. The molecule has 0 spiro atoms. The Bertz CT molecular complexity index is 857. The molecule has 2 unspecified atom stereocenters. The summed E-state index contributed by atoms with van der Waals surface area (Å²) >= 11 is 0. The summed E-state index contributed by atoms with van der Waals surface area (Å²) in [6.07, 6.45) is 4.07. The third-order valence-corrected chi connectivity index (χ3v) is 6.40. The Morgan fingerprint density at radius 2 is 2.08 bits per heavy atom. The fourth-order valence-electron chi connectivity index (χ4n) is 3.53. The van der Waals surface area contributed by atoms with E-state index in [1.807, 2.05) is 23.8 Å². The largest absolute Gasteiger partial charge is 0.468 e. The molecule has 0 N–H and O–H groups in total. The van der Waals surface area contributed by atoms with Crippen LogP contribution in [0, 0.1) is 0 Å². The Kier molecular flexibility index (Phi) is 5.41. The molecule has 0 fully saturated rings. The topological polar surface area (TPSA) is 65.4 Å². The molecular formula is C20H23NO4S. The van der Waals surface area contributed by atoms with Crippen LogP contribution in [0.4, 0.5) is 0 Å². The lowest BCUT2D eigenvalue weighted by molar-refractivity contribution is -0.145. The summed E-state index contributed by atoms with van der Waals surface area (Å²) in [5.74, 6) is -0.271. The number of hydrogen-bond donors (Lipinski definition) is 0. The molecule has 0 saturated carbocycles. The highest BCUT2D eigenvalue weighted by atomic mass is 32.2. The zero-order chi connectivity index (χ0) is 18.7. The fraction of sp³-hybridized carbons (Fsp3) is 0.400. The first kappa shape index (κ1) is 18.6. The van der Waals surface area contributed by atoms with Crippen LogP contribution >= 0.6 is 0 Å². The van der Waals surface area contributed by atoms with E-state index in [-0.39, 0.29) is 5.78 Å². The van der Waals surface area contributed by atoms with Crippen LogP contribution in [0.25, 0.3) is 0 Å². The summed E-state index contributed by atoms with van der Waals surface area (Å²) in [6, 6.07) is 10.5. The lowest BCUT2D eigenvalue weighted by Crippen LogP contribution is -2.43. The Labute approximate surface area is 155 Å². The van der Waals surface area contributed by atoms with Gasteiger partial charge in [0.1, 0.15) is 0 Å². The first-order valence-corrected chi connectivity index (χ1v) is 10.1. The van der Waals surface area contributed by atoms with Gasteiger partial charge in [-0.3, -0.25) is 13.8 Å². The summed E-state index contributed by atoms with van der Waals surface area (Å²) in [6.45, 7) is 2.64. The van der Waals surface area contributed by atoms with Gasteiger partial charge in [-0.25, -0.2) is 0 Å². The molecule has 6 heteroatoms. The predicted molar refractivity (Wildman–Crippen MR) is 99.7 cm³/mol. The number of benzene rings is 1. The highest BCUT2D eigenvalue weighted by molar-refractivity contribution is 7.85. The Hall–Kier alpha value is -2.21. The highest BCUT2D eigenvalue weighted by Gasteiger charge is 2.53. The van der Waals surface area contributed by atoms with Gasteiger partial charge in [0.2, 0.25) is 0 Å². The van der Waals surface area contributed by atoms with Crippen LogP contribution in [0.15, 0.2) is 47.5 Å². The number of methoxy groups -OCH3 is 1. The van der Waals surface area contributed by atoms with Gasteiger partial charge in [-0.05, 0) is 37.1 Å². The van der Waals surface area contributed by atoms with E-state index in [0.29, 0.717) is 34.9 Å². The summed E-state index contributed by atoms with van der Waals surface area (Å²) in [7, 11) is 0.156. The van der Waals surface area contributed by atoms with Crippen molar-refractivity contribution in [1.29, 1.82) is 0 Å². The van der Waals surface area contributed by atoms with E-state index in [0.717, 1.165) is 12.8 Å². The highest BCUT2D eigenvalue weighted by Crippen LogP contribution is 2.39. The van der Waals surface area contributed by atoms with Crippen LogP contribution in [0.2, 0.25) is 0 Å². The monoisotopic (exact) mass is 373 g/mol. The maximum Gasteiger partial charge on any atom is 0.325 e. The summed E-state index contributed by atoms with van der Waals surface area (Å²) in [4.78, 5) is 26.7. The molecule has 2 heterocycles. The van der Waals surface area contributed by atoms with Crippen LogP contribution in [-0.2, 0) is 32.3 Å². The number of unbranched alkanes of at least 4 members (excludes halogenated alkanes) is 1. The van der Waals surface area contributed by atoms with Crippen LogP contribution < -0.4 is 0 Å². The first-order chi connectivity index (χ1) is 12.5. The Balaban J connectivity index is 2.00. The van der Waals surface area contributed by atoms with Gasteiger partial charge in [0.15, 0.2) is 11.2 Å². The zero-order valence-electron chi connectivity index (χ0n) is 15.1. The quantitative estimate of drug-likeness (QED) is 0.425. The first-order valence-electron chi connectivity index (χ1n) is 8.82. The minimum atomic E-state index is -1.33. The second kappa shape index (κ2) is 7.58. The van der Waals surface area contributed by atoms with E-state index in [4.69, 9.17) is 4.74 Å². The molecule has 138 valence electrons. The number of aromatic nitrogens is 1. The van der Waals surface area contributed by atoms with E-state index in [9.17, 15) is 13.8 Å². The van der Waals surface area contributed by atoms with E-state index in [1.54, 1.807) is 30.3 Å². The summed E-state index contributed by atoms with van der Waals surface area (Å²) < 4.78 is 19.3. The van der Waals surface area contributed by atoms with Gasteiger partial charge in [0.05, 0.1) is 17.9 Å². The SMILES string of the molecule is CCCCS(=O)c1cccc(C(=O)C2(C(=O)OC)CCn3cccc32)c1. The van der Waals surface area contributed by atoms with E-state index in [2.05, 4.69) is 0 Å². The number of carbonyl (C=O) groups is 2. The number of ketones is 1. The molecule has 1 aliphatic rings. The molecule has 0 radical (unpaired) electrons. The van der Waals surface area contributed by atoms with Gasteiger partial charge in [-0.2, -0.15) is 0 Å². The molecule has 0 amide bonds. The molecule has 26 heavy (non-hydrogen) atoms. The third kappa shape index (κ3) is 3.03. The molecular weight excluding hydrogens is 350 g/mol. The van der Waals surface area contributed by atoms with Crippen molar-refractivity contribution in [2.75, 3.05) is 12.9 Å². The number of carbonyl (C=O) groups excluding carboxylic acids is 2. The van der Waals surface area contributed by atoms with Crippen molar-refractivity contribution in [3.63, 3.8) is 0 Å². The Morgan fingerprint density at radius 3 is 2.81 bits per heavy atom. The molecule has 2 atom stereocenters. The van der Waals surface area contributed by atoms with Crippen molar-refractivity contribution in [2.24, 2.45) is 0 Å². The number of esters is 1. The normalized spacial score (nSPS) is 19.8. The number of rotatable bonds is 7. The lowest BCUT2D eigenvalue weighted by Gasteiger charge is -2.24. The van der Waals surface area contributed by atoms with Crippen molar-refractivity contribution in [1.82, 2.24) is 4.57 Å². The molecule has 3 rings (SSSR count). The van der Waals surface area contributed by atoms with Gasteiger partial charge < -0.3 is 9.30 Å². The molecule has 0 aliphatic carbocycles. The van der Waals surface area contributed by atoms with Crippen LogP contribution in [0.3, 0.4) is 0 Å². The molecule has 2 aromatic rings. The molecule has 1 aromatic carbocycles. The van der Waals surface area contributed by atoms with Crippen LogP contribution in [0.1, 0.15) is 42.2 Å². The Morgan fingerprint density at radius 1 is 1.27 bits per heavy atom. The van der Waals surface area contributed by atoms with E-state index >= 15 is 0 Å². The van der Waals surface area contributed by atoms with E-state index < -0.39 is 22.2 Å². The molecule has 0 bridgehead atoms. The average Bonchev–Trinajstić information content (AvgIpc) is 3.28. The van der Waals surface area contributed by atoms with Gasteiger partial charge in [-0.1, -0.05) is 25.5 Å². The van der Waals surface area contributed by atoms with Gasteiger partial charge in [0, 0.05) is 34.6 Å². The lowest BCUT2D eigenvalue weighted by atomic mass is 9.76. The number of Topliss-reactive ketones (excluding diaryl/α,β-unsaturated/α-hetero) is 1. The van der Waals surface area contributed by atoms with Gasteiger partial charge >= 0.3 is 5.97 Å². The smallest absolute Gasteiger partial charge is 0.325 e. The average molecular weight is 373 g/mol. The van der Waals surface area contributed by atoms with Crippen LogP contribution in [0.5, 0.6) is 0 Å². The van der Waals surface area contributed by atoms with Crippen molar-refractivity contribution < 1.29 is 18.5 Å². The number of ether oxygens (including phenoxy) is 1. The van der Waals surface area contributed by atoms with Gasteiger partial charge in [0.25, 0.3) is 0 Å². The summed E-state index contributed by atoms with van der Waals surface area (Å²) in [5.41, 5.74) is -0.277. The minimum Gasteiger partial charge on any atom is -0.468 e. The van der Waals surface area contributed by atoms with E-state index in [1.165, 1.54) is 7.11 Å². The van der Waals surface area contributed by atoms with Crippen molar-refractivity contribution in [3.05, 3.63) is 53.9 Å². The number of nitrogens with zero attached hydrogens (tertiary/aromatic N) is 1. The standard InChI is InChI=1S/C20H23NO4S/c1-3-4-13-26(24)16-8-5-7-15(14-16)18(22)20(19(23)25-2)10-12-21-11-6-9-17(20)21/h5-9,11,14H,3-4,10,12-13H2,1-2H3. The predicted octanol–water partition coefficient (Wildman–Crippen LogP) is 3.09. The maximum absolute atomic E-state index is 13.4. The van der Waals surface area contributed by atoms with Crippen molar-refractivity contribution in [3.8, 4) is 0 Å². The number of fused-ring (bicyclic) bond motifs is 1. The third-order valence-electron chi connectivity index (χ3n) is 4.96. The maximum atomic E-state index is 13.4. The zero-order valence-corrected chi connectivity index (χ0v) is 15.9. The molecule has 5 nitrogen and oxygen atoms in total. The second-order valence-corrected chi connectivity index (χ2v) is 8.06. The number of hydrogen-bond acceptors (Lipinski definition) is 4. The fourth-order valence-corrected chi connectivity index (χ4v) is 4.81. The molecule has 1 aromatic heterocycles. The second-order valence-electron chi connectivity index (χ2n) is 6.49. The molecule has 0 saturated heterocycles. The number of aryl methyl sites for hydroxylation is 1. The minimum absolute atomic E-state index is 0.295. The van der Waals surface area contributed by atoms with Crippen molar-refractivity contribution in [2.45, 2.75) is 43.0 Å².